The molecule has 9 nitrogen and oxygen atoms in total. The van der Waals surface area contributed by atoms with E-state index in [1.54, 1.807) is 19.1 Å². The lowest BCUT2D eigenvalue weighted by molar-refractivity contribution is 0.0145. The van der Waals surface area contributed by atoms with Gasteiger partial charge in [0.2, 0.25) is 0 Å². The van der Waals surface area contributed by atoms with Gasteiger partial charge < -0.3 is 30.2 Å². The molecule has 1 aliphatic heterocycles. The van der Waals surface area contributed by atoms with Crippen LogP contribution >= 0.6 is 24.0 Å². The summed E-state index contributed by atoms with van der Waals surface area (Å²) in [6.07, 6.45) is 0.714. The van der Waals surface area contributed by atoms with Gasteiger partial charge in [-0.2, -0.15) is 0 Å². The van der Waals surface area contributed by atoms with Gasteiger partial charge in [-0.1, -0.05) is 6.07 Å². The smallest absolute Gasteiger partial charge is 0.410 e. The van der Waals surface area contributed by atoms with Crippen LogP contribution in [0, 0.1) is 0 Å². The number of nitrogens with zero attached hydrogens (tertiary/aromatic N) is 3. The van der Waals surface area contributed by atoms with Crippen LogP contribution in [0.15, 0.2) is 23.2 Å². The highest BCUT2D eigenvalue weighted by molar-refractivity contribution is 14.0. The minimum atomic E-state index is -0.458. The first-order valence-electron chi connectivity index (χ1n) is 10.7. The Bertz CT molecular complexity index is 746. The van der Waals surface area contributed by atoms with E-state index in [0.29, 0.717) is 37.1 Å². The summed E-state index contributed by atoms with van der Waals surface area (Å²) >= 11 is 0. The molecule has 182 valence electrons. The summed E-state index contributed by atoms with van der Waals surface area (Å²) in [6, 6.07) is 5.69. The molecule has 0 spiro atoms. The Morgan fingerprint density at radius 1 is 1.12 bits per heavy atom. The van der Waals surface area contributed by atoms with Crippen molar-refractivity contribution in [2.24, 2.45) is 10.7 Å². The molecule has 1 amide bonds. The normalized spacial score (nSPS) is 15.0. The third-order valence-electron chi connectivity index (χ3n) is 4.86. The maximum Gasteiger partial charge on any atom is 0.410 e. The maximum absolute atomic E-state index is 12.1. The number of methoxy groups -OCH3 is 2. The molecule has 32 heavy (non-hydrogen) atoms. The topological polar surface area (TPSA) is 102 Å². The summed E-state index contributed by atoms with van der Waals surface area (Å²) in [5.74, 6) is 1.78. The molecule has 0 aromatic heterocycles. The highest BCUT2D eigenvalue weighted by Crippen LogP contribution is 2.27. The maximum atomic E-state index is 12.1. The molecule has 0 saturated carbocycles. The minimum Gasteiger partial charge on any atom is -0.493 e. The number of ether oxygens (including phenoxy) is 3. The third-order valence-corrected chi connectivity index (χ3v) is 4.86. The van der Waals surface area contributed by atoms with Crippen LogP contribution in [0.1, 0.15) is 32.8 Å². The highest BCUT2D eigenvalue weighted by atomic mass is 127. The Morgan fingerprint density at radius 3 is 2.38 bits per heavy atom. The molecule has 3 N–H and O–H groups in total. The standard InChI is InChI=1S/C22H37N5O4.HI/c1-22(2,3)31-21(28)27-13-11-26(12-14-27)10-6-9-24-20(23)25-16-17-7-8-18(29-4)19(15-17)30-5;/h7-8,15H,6,9-14,16H2,1-5H3,(H3,23,24,25);1H. The molecule has 0 bridgehead atoms. The fourth-order valence-corrected chi connectivity index (χ4v) is 3.21. The third kappa shape index (κ3) is 9.68. The van der Waals surface area contributed by atoms with Crippen LogP contribution in [-0.2, 0) is 11.3 Å². The van der Waals surface area contributed by atoms with Gasteiger partial charge in [-0.05, 0) is 51.4 Å². The Labute approximate surface area is 208 Å². The van der Waals surface area contributed by atoms with E-state index >= 15 is 0 Å². The zero-order chi connectivity index (χ0) is 22.9. The van der Waals surface area contributed by atoms with Crippen molar-refractivity contribution in [3.8, 4) is 11.5 Å². The minimum absolute atomic E-state index is 0. The second-order valence-electron chi connectivity index (χ2n) is 8.48. The predicted molar refractivity (Wildman–Crippen MR) is 137 cm³/mol. The summed E-state index contributed by atoms with van der Waals surface area (Å²) in [7, 11) is 3.22. The number of piperazine rings is 1. The van der Waals surface area contributed by atoms with Crippen molar-refractivity contribution in [2.75, 3.05) is 53.5 Å². The second-order valence-corrected chi connectivity index (χ2v) is 8.48. The number of carbonyl (C=O) groups excluding carboxylic acids is 1. The van der Waals surface area contributed by atoms with Crippen LogP contribution in [0.2, 0.25) is 0 Å². The lowest BCUT2D eigenvalue weighted by Crippen LogP contribution is -2.50. The predicted octanol–water partition coefficient (Wildman–Crippen LogP) is 2.67. The van der Waals surface area contributed by atoms with Crippen molar-refractivity contribution in [2.45, 2.75) is 39.3 Å². The first kappa shape index (κ1) is 28.1. The largest absolute Gasteiger partial charge is 0.493 e. The van der Waals surface area contributed by atoms with Gasteiger partial charge in [0.25, 0.3) is 0 Å². The quantitative estimate of drug-likeness (QED) is 0.217. The van der Waals surface area contributed by atoms with Crippen LogP contribution in [0.3, 0.4) is 0 Å². The van der Waals surface area contributed by atoms with Gasteiger partial charge in [0.15, 0.2) is 17.5 Å². The molecule has 2 rings (SSSR count). The number of benzene rings is 1. The molecule has 10 heteroatoms. The molecule has 0 aliphatic carbocycles. The van der Waals surface area contributed by atoms with E-state index in [4.69, 9.17) is 19.9 Å². The molecule has 1 heterocycles. The van der Waals surface area contributed by atoms with Gasteiger partial charge in [0.05, 0.1) is 20.8 Å². The van der Waals surface area contributed by atoms with Crippen LogP contribution < -0.4 is 20.5 Å². The fourth-order valence-electron chi connectivity index (χ4n) is 3.21. The zero-order valence-corrected chi connectivity index (χ0v) is 22.2. The SMILES string of the molecule is COc1ccc(CN=C(N)NCCCN2CCN(C(=O)OC(C)(C)C)CC2)cc1OC.I. The van der Waals surface area contributed by atoms with Gasteiger partial charge >= 0.3 is 6.09 Å². The van der Waals surface area contributed by atoms with Crippen LogP contribution in [0.25, 0.3) is 0 Å². The van der Waals surface area contributed by atoms with Gasteiger partial charge in [-0.15, -0.1) is 24.0 Å². The fraction of sp³-hybridized carbons (Fsp3) is 0.636. The molecule has 0 atom stereocenters. The second kappa shape index (κ2) is 13.6. The van der Waals surface area contributed by atoms with Gasteiger partial charge in [-0.3, -0.25) is 4.90 Å². The van der Waals surface area contributed by atoms with E-state index in [1.807, 2.05) is 39.0 Å². The van der Waals surface area contributed by atoms with Gasteiger partial charge in [-0.25, -0.2) is 9.79 Å². The number of carbonyl (C=O) groups is 1. The summed E-state index contributed by atoms with van der Waals surface area (Å²) < 4.78 is 16.0. The molecule has 1 aliphatic rings. The van der Waals surface area contributed by atoms with Crippen molar-refractivity contribution < 1.29 is 19.0 Å². The number of aliphatic imine (C=N–C) groups is 1. The van der Waals surface area contributed by atoms with Crippen molar-refractivity contribution in [1.82, 2.24) is 15.1 Å². The number of hydrogen-bond acceptors (Lipinski definition) is 6. The lowest BCUT2D eigenvalue weighted by atomic mass is 10.2. The van der Waals surface area contributed by atoms with E-state index in [2.05, 4.69) is 15.2 Å². The van der Waals surface area contributed by atoms with Crippen molar-refractivity contribution in [3.63, 3.8) is 0 Å². The van der Waals surface area contributed by atoms with Gasteiger partial charge in [0.1, 0.15) is 5.60 Å². The van der Waals surface area contributed by atoms with Crippen LogP contribution in [0.5, 0.6) is 11.5 Å². The van der Waals surface area contributed by atoms with Crippen LogP contribution in [-0.4, -0.2) is 80.9 Å². The van der Waals surface area contributed by atoms with E-state index in [0.717, 1.165) is 38.2 Å². The highest BCUT2D eigenvalue weighted by Gasteiger charge is 2.25. The van der Waals surface area contributed by atoms with E-state index in [9.17, 15) is 4.79 Å². The van der Waals surface area contributed by atoms with Crippen molar-refractivity contribution in [3.05, 3.63) is 23.8 Å². The molecule has 1 aromatic rings. The summed E-state index contributed by atoms with van der Waals surface area (Å²) in [5, 5.41) is 3.16. The number of nitrogens with two attached hydrogens (primary N) is 1. The number of amides is 1. The molecule has 1 saturated heterocycles. The van der Waals surface area contributed by atoms with Crippen molar-refractivity contribution in [1.29, 1.82) is 0 Å². The summed E-state index contributed by atoms with van der Waals surface area (Å²) in [6.45, 7) is 10.9. The molecule has 0 radical (unpaired) electrons. The molecule has 0 unspecified atom stereocenters. The molecular formula is C22H38IN5O4. The monoisotopic (exact) mass is 563 g/mol. The number of halogens is 1. The molecular weight excluding hydrogens is 525 g/mol. The van der Waals surface area contributed by atoms with Crippen molar-refractivity contribution >= 4 is 36.0 Å². The lowest BCUT2D eigenvalue weighted by Gasteiger charge is -2.35. The Morgan fingerprint density at radius 2 is 1.78 bits per heavy atom. The average molecular weight is 563 g/mol. The Kier molecular flexibility index (Phi) is 11.9. The summed E-state index contributed by atoms with van der Waals surface area (Å²) in [4.78, 5) is 20.6. The molecule has 1 fully saturated rings. The number of nitrogens with one attached hydrogen (secondary N) is 1. The Balaban J connectivity index is 0.00000512. The zero-order valence-electron chi connectivity index (χ0n) is 19.8. The van der Waals surface area contributed by atoms with Gasteiger partial charge in [0, 0.05) is 32.7 Å². The Hall–Kier alpha value is -1.95. The number of rotatable bonds is 8. The first-order chi connectivity index (χ1) is 14.7. The molecule has 1 aromatic carbocycles. The van der Waals surface area contributed by atoms with E-state index in [1.165, 1.54) is 0 Å². The summed E-state index contributed by atoms with van der Waals surface area (Å²) in [5.41, 5.74) is 6.51. The van der Waals surface area contributed by atoms with E-state index < -0.39 is 5.60 Å². The van der Waals surface area contributed by atoms with Crippen LogP contribution in [0.4, 0.5) is 4.79 Å². The van der Waals surface area contributed by atoms with E-state index in [-0.39, 0.29) is 30.1 Å². The number of guanidine groups is 1. The number of hydrogen-bond donors (Lipinski definition) is 2. The first-order valence-corrected chi connectivity index (χ1v) is 10.7. The average Bonchev–Trinajstić information content (AvgIpc) is 2.74.